The van der Waals surface area contributed by atoms with E-state index in [4.69, 9.17) is 4.74 Å². The predicted molar refractivity (Wildman–Crippen MR) is 84.3 cm³/mol. The Kier molecular flexibility index (Phi) is 5.46. The molecule has 0 aliphatic heterocycles. The minimum Gasteiger partial charge on any atom is -0.494 e. The third-order valence-electron chi connectivity index (χ3n) is 3.21. The van der Waals surface area contributed by atoms with Crippen molar-refractivity contribution in [2.75, 3.05) is 11.9 Å². The zero-order valence-electron chi connectivity index (χ0n) is 11.2. The SMILES string of the molecule is Cc1ccc(C(CBr)CCOc2ccccc2)cc1. The van der Waals surface area contributed by atoms with E-state index in [9.17, 15) is 0 Å². The fraction of sp³-hybridized carbons (Fsp3) is 0.294. The quantitative estimate of drug-likeness (QED) is 0.685. The number of ether oxygens (including phenoxy) is 1. The Morgan fingerprint density at radius 1 is 1.00 bits per heavy atom. The first kappa shape index (κ1) is 14.1. The van der Waals surface area contributed by atoms with Crippen LogP contribution in [0.4, 0.5) is 0 Å². The monoisotopic (exact) mass is 318 g/mol. The molecule has 2 aromatic rings. The fourth-order valence-electron chi connectivity index (χ4n) is 2.01. The minimum atomic E-state index is 0.504. The first-order chi connectivity index (χ1) is 9.29. The van der Waals surface area contributed by atoms with Crippen molar-refractivity contribution in [2.45, 2.75) is 19.3 Å². The Hall–Kier alpha value is -1.28. The molecule has 0 aliphatic carbocycles. The number of hydrogen-bond donors (Lipinski definition) is 0. The Labute approximate surface area is 123 Å². The van der Waals surface area contributed by atoms with Crippen LogP contribution in [0.2, 0.25) is 0 Å². The van der Waals surface area contributed by atoms with Crippen LogP contribution in [0.3, 0.4) is 0 Å². The lowest BCUT2D eigenvalue weighted by molar-refractivity contribution is 0.302. The summed E-state index contributed by atoms with van der Waals surface area (Å²) in [6, 6.07) is 18.7. The van der Waals surface area contributed by atoms with Gasteiger partial charge < -0.3 is 4.74 Å². The van der Waals surface area contributed by atoms with Gasteiger partial charge in [0.2, 0.25) is 0 Å². The van der Waals surface area contributed by atoms with Crippen LogP contribution < -0.4 is 4.74 Å². The van der Waals surface area contributed by atoms with Crippen LogP contribution in [-0.2, 0) is 0 Å². The molecule has 100 valence electrons. The van der Waals surface area contributed by atoms with Crippen molar-refractivity contribution in [1.82, 2.24) is 0 Å². The summed E-state index contributed by atoms with van der Waals surface area (Å²) in [5.41, 5.74) is 2.68. The zero-order valence-corrected chi connectivity index (χ0v) is 12.8. The summed E-state index contributed by atoms with van der Waals surface area (Å²) in [6.07, 6.45) is 1.02. The first-order valence-corrected chi connectivity index (χ1v) is 7.72. The lowest BCUT2D eigenvalue weighted by Crippen LogP contribution is -2.07. The van der Waals surface area contributed by atoms with Gasteiger partial charge in [-0.05, 0) is 37.0 Å². The van der Waals surface area contributed by atoms with Gasteiger partial charge in [0.1, 0.15) is 5.75 Å². The smallest absolute Gasteiger partial charge is 0.119 e. The van der Waals surface area contributed by atoms with Gasteiger partial charge >= 0.3 is 0 Å². The number of alkyl halides is 1. The molecule has 1 unspecified atom stereocenters. The molecule has 2 aromatic carbocycles. The highest BCUT2D eigenvalue weighted by molar-refractivity contribution is 9.09. The van der Waals surface area contributed by atoms with Gasteiger partial charge in [-0.3, -0.25) is 0 Å². The lowest BCUT2D eigenvalue weighted by atomic mass is 9.97. The number of rotatable bonds is 6. The molecule has 2 rings (SSSR count). The van der Waals surface area contributed by atoms with Crippen LogP contribution in [0.15, 0.2) is 54.6 Å². The highest BCUT2D eigenvalue weighted by atomic mass is 79.9. The third kappa shape index (κ3) is 4.39. The van der Waals surface area contributed by atoms with Crippen molar-refractivity contribution in [3.8, 4) is 5.75 Å². The maximum atomic E-state index is 5.76. The summed E-state index contributed by atoms with van der Waals surface area (Å²) in [5.74, 6) is 1.45. The molecule has 1 atom stereocenters. The molecule has 0 saturated heterocycles. The molecule has 0 aromatic heterocycles. The molecular formula is C17H19BrO. The summed E-state index contributed by atoms with van der Waals surface area (Å²) >= 11 is 3.60. The Balaban J connectivity index is 1.87. The van der Waals surface area contributed by atoms with Gasteiger partial charge in [-0.1, -0.05) is 64.0 Å². The molecule has 0 radical (unpaired) electrons. The molecule has 0 spiro atoms. The van der Waals surface area contributed by atoms with Crippen molar-refractivity contribution >= 4 is 15.9 Å². The Morgan fingerprint density at radius 3 is 2.32 bits per heavy atom. The van der Waals surface area contributed by atoms with Crippen LogP contribution in [0, 0.1) is 6.92 Å². The van der Waals surface area contributed by atoms with Gasteiger partial charge in [0.05, 0.1) is 6.61 Å². The minimum absolute atomic E-state index is 0.504. The van der Waals surface area contributed by atoms with Crippen LogP contribution >= 0.6 is 15.9 Å². The Bertz CT molecular complexity index is 478. The molecule has 1 nitrogen and oxygen atoms in total. The second-order valence-electron chi connectivity index (χ2n) is 4.71. The van der Waals surface area contributed by atoms with E-state index in [1.54, 1.807) is 0 Å². The van der Waals surface area contributed by atoms with Crippen LogP contribution in [-0.4, -0.2) is 11.9 Å². The van der Waals surface area contributed by atoms with E-state index in [0.717, 1.165) is 24.1 Å². The fourth-order valence-corrected chi connectivity index (χ4v) is 2.70. The summed E-state index contributed by atoms with van der Waals surface area (Å²) < 4.78 is 5.76. The van der Waals surface area contributed by atoms with Crippen molar-refractivity contribution in [3.63, 3.8) is 0 Å². The molecule has 0 aliphatic rings. The second kappa shape index (κ2) is 7.34. The van der Waals surface area contributed by atoms with Crippen LogP contribution in [0.25, 0.3) is 0 Å². The summed E-state index contributed by atoms with van der Waals surface area (Å²) in [5, 5.41) is 0.966. The highest BCUT2D eigenvalue weighted by Gasteiger charge is 2.10. The van der Waals surface area contributed by atoms with Crippen molar-refractivity contribution in [1.29, 1.82) is 0 Å². The average Bonchev–Trinajstić information content (AvgIpc) is 2.46. The highest BCUT2D eigenvalue weighted by Crippen LogP contribution is 2.23. The van der Waals surface area contributed by atoms with Gasteiger partial charge in [0.25, 0.3) is 0 Å². The van der Waals surface area contributed by atoms with Crippen molar-refractivity contribution in [3.05, 3.63) is 65.7 Å². The molecule has 2 heteroatoms. The number of hydrogen-bond acceptors (Lipinski definition) is 1. The summed E-state index contributed by atoms with van der Waals surface area (Å²) in [7, 11) is 0. The van der Waals surface area contributed by atoms with Crippen LogP contribution in [0.1, 0.15) is 23.5 Å². The molecule has 19 heavy (non-hydrogen) atoms. The van der Waals surface area contributed by atoms with Gasteiger partial charge in [0, 0.05) is 5.33 Å². The maximum absolute atomic E-state index is 5.76. The maximum Gasteiger partial charge on any atom is 0.119 e. The molecule has 0 saturated carbocycles. The molecule has 0 fully saturated rings. The van der Waals surface area contributed by atoms with E-state index < -0.39 is 0 Å². The largest absolute Gasteiger partial charge is 0.494 e. The van der Waals surface area contributed by atoms with E-state index in [2.05, 4.69) is 47.1 Å². The normalized spacial score (nSPS) is 12.1. The molecule has 0 heterocycles. The van der Waals surface area contributed by atoms with E-state index in [1.807, 2.05) is 30.3 Å². The summed E-state index contributed by atoms with van der Waals surface area (Å²) in [4.78, 5) is 0. The zero-order chi connectivity index (χ0) is 13.5. The number of benzene rings is 2. The first-order valence-electron chi connectivity index (χ1n) is 6.60. The second-order valence-corrected chi connectivity index (χ2v) is 5.36. The number of para-hydroxylation sites is 1. The molecule has 0 bridgehead atoms. The molecular weight excluding hydrogens is 300 g/mol. The molecule has 0 N–H and O–H groups in total. The number of halogens is 1. The standard InChI is InChI=1S/C17H19BrO/c1-14-7-9-15(10-8-14)16(13-18)11-12-19-17-5-3-2-4-6-17/h2-10,16H,11-13H2,1H3. The van der Waals surface area contributed by atoms with Gasteiger partial charge in [-0.25, -0.2) is 0 Å². The van der Waals surface area contributed by atoms with E-state index in [1.165, 1.54) is 11.1 Å². The van der Waals surface area contributed by atoms with E-state index >= 15 is 0 Å². The van der Waals surface area contributed by atoms with Gasteiger partial charge in [0.15, 0.2) is 0 Å². The third-order valence-corrected chi connectivity index (χ3v) is 3.99. The summed E-state index contributed by atoms with van der Waals surface area (Å²) in [6.45, 7) is 2.86. The van der Waals surface area contributed by atoms with Crippen LogP contribution in [0.5, 0.6) is 5.75 Å². The number of aryl methyl sites for hydroxylation is 1. The van der Waals surface area contributed by atoms with Crippen molar-refractivity contribution < 1.29 is 4.74 Å². The Morgan fingerprint density at radius 2 is 1.68 bits per heavy atom. The average molecular weight is 319 g/mol. The van der Waals surface area contributed by atoms with Gasteiger partial charge in [-0.2, -0.15) is 0 Å². The predicted octanol–water partition coefficient (Wildman–Crippen LogP) is 4.94. The van der Waals surface area contributed by atoms with E-state index in [0.29, 0.717) is 5.92 Å². The van der Waals surface area contributed by atoms with Crippen molar-refractivity contribution in [2.24, 2.45) is 0 Å². The molecule has 0 amide bonds. The van der Waals surface area contributed by atoms with E-state index in [-0.39, 0.29) is 0 Å². The van der Waals surface area contributed by atoms with Gasteiger partial charge in [-0.15, -0.1) is 0 Å². The lowest BCUT2D eigenvalue weighted by Gasteiger charge is -2.15. The topological polar surface area (TPSA) is 9.23 Å².